The molecule has 0 N–H and O–H groups in total. The van der Waals surface area contributed by atoms with Crippen LogP contribution < -0.4 is 17.0 Å². The van der Waals surface area contributed by atoms with E-state index in [9.17, 15) is 0 Å². The second-order valence-corrected chi connectivity index (χ2v) is 8.21. The summed E-state index contributed by atoms with van der Waals surface area (Å²) in [5, 5.41) is 0. The summed E-state index contributed by atoms with van der Waals surface area (Å²) >= 11 is 0. The molecule has 2 saturated carbocycles. The largest absolute Gasteiger partial charge is 2.00 e. The molecular formula is C23H35BrMg. The first-order valence-corrected chi connectivity index (χ1v) is 10.3. The third kappa shape index (κ3) is 7.18. The topological polar surface area (TPSA) is 0 Å². The van der Waals surface area contributed by atoms with E-state index in [0.717, 1.165) is 23.7 Å². The van der Waals surface area contributed by atoms with Gasteiger partial charge in [0.15, 0.2) is 0 Å². The van der Waals surface area contributed by atoms with Crippen molar-refractivity contribution in [1.82, 2.24) is 0 Å². The van der Waals surface area contributed by atoms with Gasteiger partial charge in [0.1, 0.15) is 0 Å². The Balaban J connectivity index is 0.00000156. The molecule has 0 nitrogen and oxygen atoms in total. The summed E-state index contributed by atoms with van der Waals surface area (Å²) in [5.41, 5.74) is 1.46. The number of hydrogen-bond acceptors (Lipinski definition) is 0. The molecule has 25 heavy (non-hydrogen) atoms. The molecule has 0 heterocycles. The molecule has 0 atom stereocenters. The van der Waals surface area contributed by atoms with Crippen LogP contribution in [0, 0.1) is 23.8 Å². The van der Waals surface area contributed by atoms with E-state index in [1.54, 1.807) is 0 Å². The van der Waals surface area contributed by atoms with Gasteiger partial charge in [-0.25, -0.2) is 0 Å². The van der Waals surface area contributed by atoms with E-state index in [1.807, 2.05) is 0 Å². The van der Waals surface area contributed by atoms with Crippen LogP contribution in [0.5, 0.6) is 0 Å². The normalized spacial score (nSPS) is 29.3. The predicted octanol–water partition coefficient (Wildman–Crippen LogP) is 3.77. The summed E-state index contributed by atoms with van der Waals surface area (Å²) in [5.74, 6) is 3.94. The Labute approximate surface area is 182 Å². The third-order valence-electron chi connectivity index (χ3n) is 6.72. The van der Waals surface area contributed by atoms with Crippen LogP contribution in [0.15, 0.2) is 24.3 Å². The number of hydrogen-bond donors (Lipinski definition) is 0. The molecule has 0 bridgehead atoms. The van der Waals surface area contributed by atoms with Crippen LogP contribution in [0.4, 0.5) is 0 Å². The fourth-order valence-electron chi connectivity index (χ4n) is 5.19. The Morgan fingerprint density at radius 1 is 0.880 bits per heavy atom. The van der Waals surface area contributed by atoms with E-state index in [4.69, 9.17) is 0 Å². The molecule has 3 rings (SSSR count). The van der Waals surface area contributed by atoms with Crippen molar-refractivity contribution in [2.45, 2.75) is 89.9 Å². The summed E-state index contributed by atoms with van der Waals surface area (Å²) in [4.78, 5) is 0. The number of rotatable bonds is 6. The second kappa shape index (κ2) is 12.8. The minimum Gasteiger partial charge on any atom is -1.00 e. The van der Waals surface area contributed by atoms with Gasteiger partial charge in [-0.15, -0.1) is 0 Å². The van der Waals surface area contributed by atoms with E-state index in [0.29, 0.717) is 0 Å². The van der Waals surface area contributed by atoms with Crippen molar-refractivity contribution in [3.05, 3.63) is 35.9 Å². The van der Waals surface area contributed by atoms with E-state index in [1.165, 1.54) is 82.6 Å². The molecule has 0 saturated heterocycles. The summed E-state index contributed by atoms with van der Waals surface area (Å²) in [6.45, 7) is 2.32. The van der Waals surface area contributed by atoms with Crippen molar-refractivity contribution in [3.8, 4) is 0 Å². The van der Waals surface area contributed by atoms with Gasteiger partial charge in [0.05, 0.1) is 0 Å². The van der Waals surface area contributed by atoms with Gasteiger partial charge < -0.3 is 17.0 Å². The van der Waals surface area contributed by atoms with Gasteiger partial charge >= 0.3 is 23.1 Å². The van der Waals surface area contributed by atoms with Crippen molar-refractivity contribution in [3.63, 3.8) is 0 Å². The first kappa shape index (κ1) is 23.5. The average Bonchev–Trinajstić information content (AvgIpc) is 2.63. The first-order chi connectivity index (χ1) is 11.4. The SMILES string of the molecule is CCCCCC1CCC(C2CCC(c3[c-]cccc3)CC2)CC1.[Br-].[Mg+2]. The van der Waals surface area contributed by atoms with Crippen molar-refractivity contribution in [2.24, 2.45) is 17.8 Å². The minimum absolute atomic E-state index is 0. The van der Waals surface area contributed by atoms with Crippen LogP contribution in [-0.2, 0) is 0 Å². The molecular weight excluding hydrogens is 380 g/mol. The molecule has 0 spiro atoms. The molecule has 136 valence electrons. The zero-order chi connectivity index (χ0) is 15.9. The smallest absolute Gasteiger partial charge is 1.00 e. The van der Waals surface area contributed by atoms with Gasteiger partial charge in [0.25, 0.3) is 0 Å². The van der Waals surface area contributed by atoms with Crippen LogP contribution in [0.2, 0.25) is 0 Å². The Morgan fingerprint density at radius 3 is 2.08 bits per heavy atom. The van der Waals surface area contributed by atoms with E-state index in [-0.39, 0.29) is 40.0 Å². The quantitative estimate of drug-likeness (QED) is 0.377. The predicted molar refractivity (Wildman–Crippen MR) is 105 cm³/mol. The average molecular weight is 416 g/mol. The zero-order valence-electron chi connectivity index (χ0n) is 16.2. The van der Waals surface area contributed by atoms with Crippen molar-refractivity contribution >= 4 is 23.1 Å². The van der Waals surface area contributed by atoms with Gasteiger partial charge in [0, 0.05) is 0 Å². The maximum Gasteiger partial charge on any atom is 2.00 e. The molecule has 2 aliphatic carbocycles. The Bertz CT molecular complexity index is 431. The maximum absolute atomic E-state index is 3.46. The molecule has 0 unspecified atom stereocenters. The molecule has 2 fully saturated rings. The maximum atomic E-state index is 3.46. The van der Waals surface area contributed by atoms with Gasteiger partial charge in [-0.05, 0) is 62.2 Å². The number of unbranched alkanes of at least 4 members (excludes halogenated alkanes) is 2. The summed E-state index contributed by atoms with van der Waals surface area (Å²) in [6, 6.07) is 12.1. The molecule has 0 aromatic heterocycles. The van der Waals surface area contributed by atoms with Crippen LogP contribution >= 0.6 is 0 Å². The van der Waals surface area contributed by atoms with E-state index in [2.05, 4.69) is 37.3 Å². The second-order valence-electron chi connectivity index (χ2n) is 8.21. The van der Waals surface area contributed by atoms with Gasteiger partial charge in [-0.3, -0.25) is 0 Å². The standard InChI is InChI=1S/C23H35.BrH.Mg/c1-2-3-5-8-19-11-13-21(14-12-19)23-17-15-22(16-18-23)20-9-6-4-7-10-20;;/h4,6-7,9,19,21-23H,2-3,5,8,11-18H2,1H3;1H;/q-1;;+2/p-1. The first-order valence-electron chi connectivity index (χ1n) is 10.3. The van der Waals surface area contributed by atoms with Gasteiger partial charge in [-0.1, -0.05) is 45.4 Å². The van der Waals surface area contributed by atoms with Crippen molar-refractivity contribution in [2.75, 3.05) is 0 Å². The minimum atomic E-state index is 0. The van der Waals surface area contributed by atoms with E-state index < -0.39 is 0 Å². The van der Waals surface area contributed by atoms with Gasteiger partial charge in [0.2, 0.25) is 0 Å². The molecule has 2 aliphatic rings. The van der Waals surface area contributed by atoms with Crippen LogP contribution in [0.25, 0.3) is 0 Å². The van der Waals surface area contributed by atoms with Crippen molar-refractivity contribution in [1.29, 1.82) is 0 Å². The Morgan fingerprint density at radius 2 is 1.52 bits per heavy atom. The summed E-state index contributed by atoms with van der Waals surface area (Å²) in [6.07, 6.45) is 17.7. The number of halogens is 1. The fourth-order valence-corrected chi connectivity index (χ4v) is 5.19. The molecule has 0 aliphatic heterocycles. The Kier molecular flexibility index (Phi) is 12.0. The van der Waals surface area contributed by atoms with Crippen molar-refractivity contribution < 1.29 is 17.0 Å². The van der Waals surface area contributed by atoms with Crippen LogP contribution in [0.3, 0.4) is 0 Å². The summed E-state index contributed by atoms with van der Waals surface area (Å²) < 4.78 is 0. The molecule has 0 radical (unpaired) electrons. The number of benzene rings is 1. The Hall–Kier alpha value is 0.466. The molecule has 0 amide bonds. The summed E-state index contributed by atoms with van der Waals surface area (Å²) in [7, 11) is 0. The monoisotopic (exact) mass is 414 g/mol. The zero-order valence-corrected chi connectivity index (χ0v) is 19.2. The van der Waals surface area contributed by atoms with Gasteiger partial charge in [-0.2, -0.15) is 35.9 Å². The van der Waals surface area contributed by atoms with E-state index >= 15 is 0 Å². The van der Waals surface area contributed by atoms with Crippen LogP contribution in [-0.4, -0.2) is 23.1 Å². The third-order valence-corrected chi connectivity index (χ3v) is 6.72. The molecule has 2 heteroatoms. The fraction of sp³-hybridized carbons (Fsp3) is 0.739. The molecule has 1 aromatic rings. The van der Waals surface area contributed by atoms with Crippen LogP contribution in [0.1, 0.15) is 95.5 Å². The molecule has 1 aromatic carbocycles.